The number of benzene rings is 3. The average molecular weight is 536 g/mol. The zero-order valence-corrected chi connectivity index (χ0v) is 21.7. The molecule has 3 aromatic rings. The average Bonchev–Trinajstić information content (AvgIpc) is 2.97. The fourth-order valence-electron chi connectivity index (χ4n) is 4.30. The van der Waals surface area contributed by atoms with Crippen LogP contribution in [0.2, 0.25) is 0 Å². The van der Waals surface area contributed by atoms with Crippen molar-refractivity contribution in [2.24, 2.45) is 0 Å². The predicted molar refractivity (Wildman–Crippen MR) is 141 cm³/mol. The molecule has 1 saturated heterocycles. The van der Waals surface area contributed by atoms with Gasteiger partial charge in [-0.3, -0.25) is 4.79 Å². The highest BCUT2D eigenvalue weighted by Crippen LogP contribution is 2.28. The normalized spacial score (nSPS) is 22.7. The first-order valence-corrected chi connectivity index (χ1v) is 12.7. The molecule has 0 radical (unpaired) electrons. The Hall–Kier alpha value is -3.60. The van der Waals surface area contributed by atoms with Crippen molar-refractivity contribution < 1.29 is 38.4 Å². The number of rotatable bonds is 12. The van der Waals surface area contributed by atoms with Crippen LogP contribution in [0.5, 0.6) is 0 Å². The van der Waals surface area contributed by atoms with Gasteiger partial charge in [-0.15, -0.1) is 0 Å². The van der Waals surface area contributed by atoms with Crippen molar-refractivity contribution >= 4 is 11.9 Å². The van der Waals surface area contributed by atoms with Gasteiger partial charge in [0.15, 0.2) is 12.4 Å². The molecule has 1 fully saturated rings. The molecule has 9 nitrogen and oxygen atoms in total. The zero-order valence-electron chi connectivity index (χ0n) is 21.7. The van der Waals surface area contributed by atoms with E-state index in [1.54, 1.807) is 30.3 Å². The van der Waals surface area contributed by atoms with Crippen LogP contribution < -0.4 is 5.32 Å². The molecule has 1 aliphatic heterocycles. The van der Waals surface area contributed by atoms with E-state index >= 15 is 0 Å². The van der Waals surface area contributed by atoms with E-state index in [1.807, 2.05) is 60.7 Å². The lowest BCUT2D eigenvalue weighted by atomic mass is 9.96. The topological polar surface area (TPSA) is 113 Å². The van der Waals surface area contributed by atoms with Crippen molar-refractivity contribution in [1.29, 1.82) is 0 Å². The molecule has 5 atom stereocenters. The van der Waals surface area contributed by atoms with Gasteiger partial charge in [-0.05, 0) is 23.3 Å². The first-order chi connectivity index (χ1) is 19.0. The van der Waals surface area contributed by atoms with E-state index in [9.17, 15) is 14.7 Å². The van der Waals surface area contributed by atoms with Crippen molar-refractivity contribution in [3.8, 4) is 0 Å². The summed E-state index contributed by atoms with van der Waals surface area (Å²) in [7, 11) is 0. The Bertz CT molecular complexity index is 1160. The van der Waals surface area contributed by atoms with Gasteiger partial charge >= 0.3 is 5.97 Å². The summed E-state index contributed by atoms with van der Waals surface area (Å²) in [5.41, 5.74) is 2.16. The zero-order chi connectivity index (χ0) is 27.5. The van der Waals surface area contributed by atoms with E-state index in [0.29, 0.717) is 12.2 Å². The van der Waals surface area contributed by atoms with Crippen LogP contribution in [0, 0.1) is 0 Å². The number of aliphatic hydroxyl groups excluding tert-OH is 1. The molecule has 4 rings (SSSR count). The number of carbonyl (C=O) groups is 2. The maximum absolute atomic E-state index is 13.1. The molecule has 0 bridgehead atoms. The molecule has 9 heteroatoms. The smallest absolute Gasteiger partial charge is 0.338 e. The van der Waals surface area contributed by atoms with Crippen LogP contribution in [0.4, 0.5) is 0 Å². The van der Waals surface area contributed by atoms with Crippen molar-refractivity contribution in [2.45, 2.75) is 50.8 Å². The molecule has 0 saturated carbocycles. The summed E-state index contributed by atoms with van der Waals surface area (Å²) in [6.45, 7) is 1.21. The van der Waals surface area contributed by atoms with E-state index in [4.69, 9.17) is 23.7 Å². The molecule has 0 aliphatic carbocycles. The molecular formula is C30H33NO8. The number of nitrogens with one attached hydrogen (secondary N) is 1. The molecule has 0 unspecified atom stereocenters. The van der Waals surface area contributed by atoms with Gasteiger partial charge in [0, 0.05) is 6.92 Å². The van der Waals surface area contributed by atoms with Gasteiger partial charge in [0.25, 0.3) is 0 Å². The molecule has 3 aromatic carbocycles. The highest BCUT2D eigenvalue weighted by molar-refractivity contribution is 5.89. The summed E-state index contributed by atoms with van der Waals surface area (Å²) in [6, 6.07) is 26.6. The second kappa shape index (κ2) is 14.5. The third-order valence-corrected chi connectivity index (χ3v) is 6.16. The number of aliphatic hydroxyl groups is 1. The summed E-state index contributed by atoms with van der Waals surface area (Å²) in [6.07, 6.45) is -3.99. The Morgan fingerprint density at radius 1 is 0.821 bits per heavy atom. The third kappa shape index (κ3) is 8.19. The largest absolute Gasteiger partial charge is 0.453 e. The lowest BCUT2D eigenvalue weighted by molar-refractivity contribution is -0.290. The van der Waals surface area contributed by atoms with E-state index in [0.717, 1.165) is 11.1 Å². The van der Waals surface area contributed by atoms with Crippen molar-refractivity contribution in [1.82, 2.24) is 5.32 Å². The lowest BCUT2D eigenvalue weighted by Crippen LogP contribution is -2.66. The monoisotopic (exact) mass is 535 g/mol. The number of hydrogen-bond donors (Lipinski definition) is 2. The van der Waals surface area contributed by atoms with Gasteiger partial charge in [-0.1, -0.05) is 78.9 Å². The molecular weight excluding hydrogens is 502 g/mol. The first kappa shape index (κ1) is 28.4. The van der Waals surface area contributed by atoms with Crippen LogP contribution in [-0.4, -0.2) is 61.0 Å². The van der Waals surface area contributed by atoms with Gasteiger partial charge in [-0.25, -0.2) is 4.79 Å². The Balaban J connectivity index is 1.55. The Kier molecular flexibility index (Phi) is 10.6. The van der Waals surface area contributed by atoms with Crippen LogP contribution in [-0.2, 0) is 41.7 Å². The second-order valence-corrected chi connectivity index (χ2v) is 9.07. The lowest BCUT2D eigenvalue weighted by Gasteiger charge is -2.45. The maximum atomic E-state index is 13.1. The number of carbonyl (C=O) groups excluding carboxylic acids is 2. The number of hydrogen-bond acceptors (Lipinski definition) is 8. The highest BCUT2D eigenvalue weighted by Gasteiger charge is 2.50. The third-order valence-electron chi connectivity index (χ3n) is 6.16. The summed E-state index contributed by atoms with van der Waals surface area (Å²) in [5.74, 6) is -0.991. The molecule has 39 heavy (non-hydrogen) atoms. The van der Waals surface area contributed by atoms with Crippen LogP contribution in [0.25, 0.3) is 0 Å². The molecule has 1 amide bonds. The molecule has 1 aliphatic rings. The quantitative estimate of drug-likeness (QED) is 0.207. The SMILES string of the molecule is CC(=O)N[C@H]1[C@H](OCc2ccccc2)O[C@H](CO)[C@@H](OCOCc2ccccc2)[C@@H]1OC(=O)c1ccccc1. The van der Waals surface area contributed by atoms with Crippen LogP contribution in [0.1, 0.15) is 28.4 Å². The molecule has 1 heterocycles. The van der Waals surface area contributed by atoms with Gasteiger partial charge in [0.1, 0.15) is 25.0 Å². The summed E-state index contributed by atoms with van der Waals surface area (Å²) >= 11 is 0. The minimum absolute atomic E-state index is 0.166. The number of esters is 1. The van der Waals surface area contributed by atoms with Crippen molar-refractivity contribution in [3.05, 3.63) is 108 Å². The molecule has 2 N–H and O–H groups in total. The van der Waals surface area contributed by atoms with Crippen molar-refractivity contribution in [2.75, 3.05) is 13.4 Å². The highest BCUT2D eigenvalue weighted by atomic mass is 16.7. The molecule has 206 valence electrons. The van der Waals surface area contributed by atoms with Gasteiger partial charge < -0.3 is 34.1 Å². The molecule has 0 spiro atoms. The van der Waals surface area contributed by atoms with Crippen LogP contribution >= 0.6 is 0 Å². The first-order valence-electron chi connectivity index (χ1n) is 12.7. The fourth-order valence-corrected chi connectivity index (χ4v) is 4.30. The van der Waals surface area contributed by atoms with Gasteiger partial charge in [0.2, 0.25) is 5.91 Å². The predicted octanol–water partition coefficient (Wildman–Crippen LogP) is 3.21. The number of amides is 1. The van der Waals surface area contributed by atoms with E-state index in [1.165, 1.54) is 6.92 Å². The maximum Gasteiger partial charge on any atom is 0.338 e. The standard InChI is InChI=1S/C30H33NO8/c1-21(33)31-26-28(39-29(34)24-15-9-4-10-16-24)27(37-20-35-18-22-11-5-2-6-12-22)25(17-32)38-30(26)36-19-23-13-7-3-8-14-23/h2-16,25-28,30,32H,17-20H2,1H3,(H,31,33)/t25-,26-,27-,28-,30-/m1/s1. The number of ether oxygens (including phenoxy) is 5. The fraction of sp³-hybridized carbons (Fsp3) is 0.333. The van der Waals surface area contributed by atoms with E-state index in [-0.39, 0.29) is 19.3 Å². The summed E-state index contributed by atoms with van der Waals surface area (Å²) in [5, 5.41) is 13.0. The Labute approximate surface area is 227 Å². The minimum atomic E-state index is -1.06. The molecule has 0 aromatic heterocycles. The van der Waals surface area contributed by atoms with Crippen LogP contribution in [0.3, 0.4) is 0 Å². The van der Waals surface area contributed by atoms with Gasteiger partial charge in [-0.2, -0.15) is 0 Å². The second-order valence-electron chi connectivity index (χ2n) is 9.07. The van der Waals surface area contributed by atoms with Crippen molar-refractivity contribution in [3.63, 3.8) is 0 Å². The summed E-state index contributed by atoms with van der Waals surface area (Å²) < 4.78 is 29.7. The van der Waals surface area contributed by atoms with E-state index in [2.05, 4.69) is 5.32 Å². The summed E-state index contributed by atoms with van der Waals surface area (Å²) in [4.78, 5) is 25.4. The Morgan fingerprint density at radius 3 is 2.00 bits per heavy atom. The Morgan fingerprint density at radius 2 is 1.41 bits per heavy atom. The minimum Gasteiger partial charge on any atom is -0.453 e. The van der Waals surface area contributed by atoms with Gasteiger partial charge in [0.05, 0.1) is 25.4 Å². The van der Waals surface area contributed by atoms with E-state index < -0.39 is 43.2 Å². The van der Waals surface area contributed by atoms with Crippen LogP contribution in [0.15, 0.2) is 91.0 Å².